The van der Waals surface area contributed by atoms with Crippen molar-refractivity contribution in [1.29, 1.82) is 0 Å². The zero-order valence-corrected chi connectivity index (χ0v) is 30.6. The molecule has 284 valence electrons. The Morgan fingerprint density at radius 2 is 1.66 bits per heavy atom. The van der Waals surface area contributed by atoms with Crippen LogP contribution in [0.3, 0.4) is 0 Å². The van der Waals surface area contributed by atoms with Crippen LogP contribution in [0.25, 0.3) is 11.2 Å². The van der Waals surface area contributed by atoms with Crippen LogP contribution < -0.4 is 37.5 Å². The van der Waals surface area contributed by atoms with Gasteiger partial charge in [0.1, 0.15) is 11.8 Å². The molecule has 53 heavy (non-hydrogen) atoms. The molecule has 4 rings (SSSR count). The number of likely N-dealkylation sites (N-methyl/N-ethyl adjacent to an activating group) is 1. The Hall–Kier alpha value is -6.01. The number of carboxylic acid groups (broad SMARTS) is 2. The smallest absolute Gasteiger partial charge is 0.326 e. The number of nitrogens with one attached hydrogen (secondary N) is 2. The maximum atomic E-state index is 12.4. The second-order valence-electron chi connectivity index (χ2n) is 11.6. The number of nitrogens with two attached hydrogens (primary N) is 3. The van der Waals surface area contributed by atoms with E-state index in [1.165, 1.54) is 25.3 Å². The minimum atomic E-state index is -1.30. The highest BCUT2D eigenvalue weighted by molar-refractivity contribution is 6.33. The van der Waals surface area contributed by atoms with Crippen molar-refractivity contribution in [2.45, 2.75) is 39.3 Å². The van der Waals surface area contributed by atoms with Gasteiger partial charge in [0.05, 0.1) is 41.8 Å². The largest absolute Gasteiger partial charge is 0.496 e. The van der Waals surface area contributed by atoms with E-state index < -0.39 is 23.9 Å². The number of benzene rings is 2. The summed E-state index contributed by atoms with van der Waals surface area (Å²) < 4.78 is 5.16. The normalized spacial score (nSPS) is 11.3. The molecule has 0 aliphatic rings. The Bertz CT molecular complexity index is 1910. The Balaban J connectivity index is 0.000000324. The van der Waals surface area contributed by atoms with E-state index in [0.29, 0.717) is 52.0 Å². The zero-order chi connectivity index (χ0) is 39.2. The molecule has 2 heterocycles. The van der Waals surface area contributed by atoms with Gasteiger partial charge in [-0.2, -0.15) is 9.97 Å². The van der Waals surface area contributed by atoms with Gasteiger partial charge < -0.3 is 52.6 Å². The molecule has 10 N–H and O–H groups in total. The molecule has 2 aromatic heterocycles. The summed E-state index contributed by atoms with van der Waals surface area (Å²) in [5.41, 5.74) is 20.1. The molecule has 4 aromatic rings. The van der Waals surface area contributed by atoms with Crippen molar-refractivity contribution in [3.63, 3.8) is 0 Å². The molecule has 0 aliphatic heterocycles. The lowest BCUT2D eigenvalue weighted by Gasteiger charge is -2.19. The topological polar surface area (TPSA) is 278 Å². The molecule has 0 saturated heterocycles. The molecular weight excluding hydrogens is 710 g/mol. The molecule has 0 bridgehead atoms. The first kappa shape index (κ1) is 41.4. The summed E-state index contributed by atoms with van der Waals surface area (Å²) >= 11 is 5.95. The highest BCUT2D eigenvalue weighted by Crippen LogP contribution is 2.28. The number of carboxylic acids is 2. The van der Waals surface area contributed by atoms with Crippen molar-refractivity contribution < 1.29 is 34.1 Å². The van der Waals surface area contributed by atoms with Gasteiger partial charge in [0.2, 0.25) is 5.95 Å². The van der Waals surface area contributed by atoms with Gasteiger partial charge in [-0.1, -0.05) is 25.4 Å². The second-order valence-corrected chi connectivity index (χ2v) is 12.0. The van der Waals surface area contributed by atoms with E-state index in [-0.39, 0.29) is 36.1 Å². The van der Waals surface area contributed by atoms with Crippen LogP contribution in [-0.2, 0) is 16.1 Å². The monoisotopic (exact) mass is 753 g/mol. The molecule has 19 heteroatoms. The van der Waals surface area contributed by atoms with Crippen molar-refractivity contribution >= 4 is 69.7 Å². The molecule has 0 saturated carbocycles. The number of aliphatic carboxylic acids is 2. The average molecular weight is 754 g/mol. The summed E-state index contributed by atoms with van der Waals surface area (Å²) in [5, 5.41) is 23.5. The molecule has 2 amide bonds. The number of nitrogens with zero attached hydrogens (tertiary/aromatic N) is 6. The van der Waals surface area contributed by atoms with Gasteiger partial charge in [-0.25, -0.2) is 14.8 Å². The fourth-order valence-corrected chi connectivity index (χ4v) is 5.07. The first-order valence-corrected chi connectivity index (χ1v) is 16.8. The Kier molecular flexibility index (Phi) is 15.3. The van der Waals surface area contributed by atoms with E-state index in [1.54, 1.807) is 24.4 Å². The maximum Gasteiger partial charge on any atom is 0.326 e. The maximum absolute atomic E-state index is 12.4. The van der Waals surface area contributed by atoms with Gasteiger partial charge in [0.15, 0.2) is 17.0 Å². The standard InChI is InChI=1S/C20H22N8O5.C14H22ClN3O2/c1-28(9-11-8-23-17-15(24-11)16(21)26-20(22)27-17)12-4-2-10(3-5-12)18(31)25-13(19(32)33)6-7-14(29)30;1-4-18(5-2)7-6-17-14(19)10-8-11(15)12(16)9-13(10)20-3/h2-5,8,13H,6-7,9H2,1H3,(H,25,31)(H,29,30)(H,32,33)(H4,21,22,23,26,27);8-9H,4-7,16H2,1-3H3,(H,17,19)/t13-;/m0./s1. The summed E-state index contributed by atoms with van der Waals surface area (Å²) in [5.74, 6) is -2.70. The lowest BCUT2D eigenvalue weighted by molar-refractivity contribution is -0.140. The van der Waals surface area contributed by atoms with E-state index >= 15 is 0 Å². The van der Waals surface area contributed by atoms with Gasteiger partial charge in [0.25, 0.3) is 11.8 Å². The Labute approximate surface area is 310 Å². The number of ether oxygens (including phenoxy) is 1. The number of halogens is 1. The number of fused-ring (bicyclic) bond motifs is 1. The third kappa shape index (κ3) is 12.0. The zero-order valence-electron chi connectivity index (χ0n) is 29.8. The second kappa shape index (κ2) is 19.6. The minimum absolute atomic E-state index is 0.0138. The third-order valence-corrected chi connectivity index (χ3v) is 8.22. The van der Waals surface area contributed by atoms with Gasteiger partial charge in [0, 0.05) is 43.9 Å². The van der Waals surface area contributed by atoms with Gasteiger partial charge in [-0.05, 0) is 49.8 Å². The average Bonchev–Trinajstić information content (AvgIpc) is 3.12. The number of rotatable bonds is 16. The Morgan fingerprint density at radius 1 is 0.981 bits per heavy atom. The van der Waals surface area contributed by atoms with E-state index in [1.807, 2.05) is 11.9 Å². The van der Waals surface area contributed by atoms with E-state index in [9.17, 15) is 24.3 Å². The fourth-order valence-electron chi connectivity index (χ4n) is 4.91. The highest BCUT2D eigenvalue weighted by Gasteiger charge is 2.22. The summed E-state index contributed by atoms with van der Waals surface area (Å²) in [4.78, 5) is 67.1. The lowest BCUT2D eigenvalue weighted by atomic mass is 10.1. The van der Waals surface area contributed by atoms with Gasteiger partial charge >= 0.3 is 11.9 Å². The van der Waals surface area contributed by atoms with Gasteiger partial charge in [-0.3, -0.25) is 14.4 Å². The number of amides is 2. The first-order chi connectivity index (χ1) is 25.2. The van der Waals surface area contributed by atoms with Crippen LogP contribution in [0.5, 0.6) is 5.75 Å². The molecule has 0 aliphatic carbocycles. The van der Waals surface area contributed by atoms with Crippen LogP contribution in [-0.4, -0.2) is 105 Å². The number of hydrogen-bond donors (Lipinski definition) is 7. The summed E-state index contributed by atoms with van der Waals surface area (Å²) in [7, 11) is 3.31. The Morgan fingerprint density at radius 3 is 2.26 bits per heavy atom. The van der Waals surface area contributed by atoms with Crippen LogP contribution >= 0.6 is 11.6 Å². The number of nitrogen functional groups attached to an aromatic ring is 3. The number of carbonyl (C=O) groups excluding carboxylic acids is 2. The van der Waals surface area contributed by atoms with E-state index in [0.717, 1.165) is 25.3 Å². The van der Waals surface area contributed by atoms with Crippen LogP contribution in [0.1, 0.15) is 53.1 Å². The lowest BCUT2D eigenvalue weighted by Crippen LogP contribution is -2.41. The molecule has 0 radical (unpaired) electrons. The summed E-state index contributed by atoms with van der Waals surface area (Å²) in [6.45, 7) is 7.86. The number of hydrogen-bond acceptors (Lipinski definition) is 14. The predicted octanol–water partition coefficient (Wildman–Crippen LogP) is 2.27. The van der Waals surface area contributed by atoms with Crippen molar-refractivity contribution in [3.05, 3.63) is 64.4 Å². The number of anilines is 4. The van der Waals surface area contributed by atoms with Gasteiger partial charge in [-0.15, -0.1) is 0 Å². The quantitative estimate of drug-likeness (QED) is 0.0808. The molecule has 2 aromatic carbocycles. The molecule has 0 fully saturated rings. The molecule has 0 unspecified atom stereocenters. The van der Waals surface area contributed by atoms with Crippen LogP contribution in [0, 0.1) is 0 Å². The summed E-state index contributed by atoms with van der Waals surface area (Å²) in [6.07, 6.45) is 0.964. The number of carbonyl (C=O) groups is 4. The molecule has 18 nitrogen and oxygen atoms in total. The van der Waals surface area contributed by atoms with Crippen molar-refractivity contribution in [2.75, 3.05) is 62.4 Å². The van der Waals surface area contributed by atoms with Crippen molar-refractivity contribution in [2.24, 2.45) is 0 Å². The van der Waals surface area contributed by atoms with E-state index in [4.69, 9.17) is 38.6 Å². The highest BCUT2D eigenvalue weighted by atomic mass is 35.5. The van der Waals surface area contributed by atoms with Crippen molar-refractivity contribution in [3.8, 4) is 5.75 Å². The fraction of sp³-hybridized carbons (Fsp3) is 0.353. The SMILES string of the molecule is CCN(CC)CCNC(=O)c1cc(Cl)c(N)cc1OC.CN(Cc1cnc2nc(N)nc(N)c2n1)c1ccc(C(=O)N[C@@H](CCC(=O)O)C(=O)O)cc1. The number of methoxy groups -OCH3 is 1. The molecule has 0 spiro atoms. The van der Waals surface area contributed by atoms with Crippen LogP contribution in [0.15, 0.2) is 42.6 Å². The first-order valence-electron chi connectivity index (χ1n) is 16.4. The van der Waals surface area contributed by atoms with Crippen molar-refractivity contribution in [1.82, 2.24) is 35.5 Å². The molecular formula is C34H44ClN11O7. The summed E-state index contributed by atoms with van der Waals surface area (Å²) in [6, 6.07) is 8.25. The van der Waals surface area contributed by atoms with Crippen LogP contribution in [0.2, 0.25) is 5.02 Å². The predicted molar refractivity (Wildman–Crippen MR) is 201 cm³/mol. The third-order valence-electron chi connectivity index (χ3n) is 7.89. The van der Waals surface area contributed by atoms with E-state index in [2.05, 4.69) is 49.3 Å². The molecule has 1 atom stereocenters. The number of aromatic nitrogens is 4. The van der Waals surface area contributed by atoms with Crippen LogP contribution in [0.4, 0.5) is 23.1 Å². The minimum Gasteiger partial charge on any atom is -0.496 e.